The Bertz CT molecular complexity index is 958. The zero-order valence-electron chi connectivity index (χ0n) is 13.8. The van der Waals surface area contributed by atoms with Crippen molar-refractivity contribution in [1.82, 2.24) is 5.16 Å². The summed E-state index contributed by atoms with van der Waals surface area (Å²) in [6.07, 6.45) is -0.872. The van der Waals surface area contributed by atoms with E-state index in [9.17, 15) is 4.79 Å². The van der Waals surface area contributed by atoms with E-state index in [0.717, 1.165) is 16.8 Å². The van der Waals surface area contributed by atoms with Gasteiger partial charge in [-0.25, -0.2) is 4.79 Å². The highest BCUT2D eigenvalue weighted by atomic mass is 35.5. The molecular formula is C18H14Cl3N3O3. The topological polar surface area (TPSA) is 90.4 Å². The summed E-state index contributed by atoms with van der Waals surface area (Å²) < 4.78 is 9.76. The first-order valence-electron chi connectivity index (χ1n) is 7.78. The van der Waals surface area contributed by atoms with E-state index in [0.29, 0.717) is 33.1 Å². The molecule has 0 radical (unpaired) electrons. The second-order valence-corrected chi connectivity index (χ2v) is 6.73. The van der Waals surface area contributed by atoms with Crippen LogP contribution in [0.15, 0.2) is 47.0 Å². The van der Waals surface area contributed by atoms with E-state index in [2.05, 4.69) is 15.2 Å². The smallest absolute Gasteiger partial charge is 0.404 e. The van der Waals surface area contributed by atoms with Crippen LogP contribution in [0.2, 0.25) is 15.1 Å². The Morgan fingerprint density at radius 1 is 1.11 bits per heavy atom. The Morgan fingerprint density at radius 2 is 1.81 bits per heavy atom. The van der Waals surface area contributed by atoms with Crippen molar-refractivity contribution in [2.75, 3.05) is 5.32 Å². The molecule has 0 bridgehead atoms. The quantitative estimate of drug-likeness (QED) is 0.507. The molecule has 3 rings (SSSR count). The first kappa shape index (κ1) is 19.4. The average molecular weight is 427 g/mol. The molecule has 140 valence electrons. The zero-order valence-corrected chi connectivity index (χ0v) is 16.1. The van der Waals surface area contributed by atoms with Gasteiger partial charge in [-0.05, 0) is 24.3 Å². The van der Waals surface area contributed by atoms with Crippen LogP contribution in [0.5, 0.6) is 0 Å². The summed E-state index contributed by atoms with van der Waals surface area (Å²) in [7, 11) is 0. The molecule has 0 aliphatic rings. The summed E-state index contributed by atoms with van der Waals surface area (Å²) in [6.45, 7) is 0.360. The molecule has 9 heteroatoms. The molecule has 0 spiro atoms. The molecule has 2 aromatic carbocycles. The van der Waals surface area contributed by atoms with E-state index >= 15 is 0 Å². The largest absolute Gasteiger partial charge is 0.441 e. The maximum Gasteiger partial charge on any atom is 0.404 e. The van der Waals surface area contributed by atoms with E-state index in [1.54, 1.807) is 18.2 Å². The summed E-state index contributed by atoms with van der Waals surface area (Å²) in [5.74, 6) is 0.399. The maximum atomic E-state index is 10.6. The molecule has 0 fully saturated rings. The Morgan fingerprint density at radius 3 is 2.52 bits per heavy atom. The zero-order chi connectivity index (χ0) is 19.4. The molecule has 27 heavy (non-hydrogen) atoms. The molecule has 3 N–H and O–H groups in total. The van der Waals surface area contributed by atoms with E-state index in [1.807, 2.05) is 24.3 Å². The van der Waals surface area contributed by atoms with Gasteiger partial charge in [0.15, 0.2) is 12.4 Å². The predicted molar refractivity (Wildman–Crippen MR) is 105 cm³/mol. The number of carbonyl (C=O) groups is 1. The number of hydrogen-bond acceptors (Lipinski definition) is 5. The molecule has 0 aliphatic carbocycles. The Kier molecular flexibility index (Phi) is 6.11. The number of ether oxygens (including phenoxy) is 1. The van der Waals surface area contributed by atoms with Crippen molar-refractivity contribution in [2.45, 2.75) is 13.2 Å². The summed E-state index contributed by atoms with van der Waals surface area (Å²) in [5.41, 5.74) is 7.97. The summed E-state index contributed by atoms with van der Waals surface area (Å²) in [5, 5.41) is 8.62. The van der Waals surface area contributed by atoms with Crippen LogP contribution in [-0.4, -0.2) is 11.2 Å². The van der Waals surface area contributed by atoms with Crippen LogP contribution < -0.4 is 11.1 Å². The molecule has 1 amide bonds. The fourth-order valence-corrected chi connectivity index (χ4v) is 3.02. The van der Waals surface area contributed by atoms with Gasteiger partial charge < -0.3 is 20.3 Å². The minimum atomic E-state index is -0.872. The van der Waals surface area contributed by atoms with Crippen molar-refractivity contribution in [3.8, 4) is 11.3 Å². The molecule has 0 atom stereocenters. The number of amides is 1. The van der Waals surface area contributed by atoms with Gasteiger partial charge in [0.2, 0.25) is 0 Å². The standard InChI is InChI=1S/C18H14Cl3N3O3/c19-14-5-6-15(20)17(21)13(14)8-23-11-3-1-10(2-4-11)16-7-12(27-24-16)9-26-18(22)25/h1-7,23H,8-9H2,(H2,22,25). The van der Waals surface area contributed by atoms with Crippen molar-refractivity contribution in [1.29, 1.82) is 0 Å². The number of primary amides is 1. The molecular weight excluding hydrogens is 413 g/mol. The minimum absolute atomic E-state index is 0.0663. The van der Waals surface area contributed by atoms with Gasteiger partial charge in [-0.1, -0.05) is 52.1 Å². The van der Waals surface area contributed by atoms with Crippen LogP contribution in [0, 0.1) is 0 Å². The predicted octanol–water partition coefficient (Wildman–Crippen LogP) is 5.51. The van der Waals surface area contributed by atoms with Crippen LogP contribution in [0.25, 0.3) is 11.3 Å². The lowest BCUT2D eigenvalue weighted by Gasteiger charge is -2.11. The van der Waals surface area contributed by atoms with Gasteiger partial charge in [0.1, 0.15) is 5.69 Å². The fourth-order valence-electron chi connectivity index (χ4n) is 2.34. The number of halogens is 3. The van der Waals surface area contributed by atoms with Crippen molar-refractivity contribution in [2.24, 2.45) is 5.73 Å². The molecule has 1 heterocycles. The van der Waals surface area contributed by atoms with Crippen molar-refractivity contribution >= 4 is 46.6 Å². The van der Waals surface area contributed by atoms with Gasteiger partial charge >= 0.3 is 6.09 Å². The first-order valence-corrected chi connectivity index (χ1v) is 8.92. The van der Waals surface area contributed by atoms with Gasteiger partial charge in [0.05, 0.1) is 10.0 Å². The normalized spacial score (nSPS) is 10.6. The van der Waals surface area contributed by atoms with Crippen LogP contribution in [0.1, 0.15) is 11.3 Å². The SMILES string of the molecule is NC(=O)OCc1cc(-c2ccc(NCc3c(Cl)ccc(Cl)c3Cl)cc2)no1. The molecule has 1 aromatic heterocycles. The van der Waals surface area contributed by atoms with Crippen molar-refractivity contribution in [3.05, 3.63) is 68.9 Å². The third-order valence-electron chi connectivity index (χ3n) is 3.70. The van der Waals surface area contributed by atoms with Crippen LogP contribution in [0.3, 0.4) is 0 Å². The fraction of sp³-hybridized carbons (Fsp3) is 0.111. The Hall–Kier alpha value is -2.41. The number of aromatic nitrogens is 1. The molecule has 0 unspecified atom stereocenters. The van der Waals surface area contributed by atoms with Gasteiger partial charge in [0.25, 0.3) is 0 Å². The molecule has 0 saturated heterocycles. The number of nitrogens with zero attached hydrogens (tertiary/aromatic N) is 1. The third-order valence-corrected chi connectivity index (χ3v) is 4.90. The second-order valence-electron chi connectivity index (χ2n) is 5.54. The highest BCUT2D eigenvalue weighted by Gasteiger charge is 2.10. The number of nitrogens with one attached hydrogen (secondary N) is 1. The van der Waals surface area contributed by atoms with Gasteiger partial charge in [-0.2, -0.15) is 0 Å². The number of benzene rings is 2. The lowest BCUT2D eigenvalue weighted by atomic mass is 10.1. The van der Waals surface area contributed by atoms with E-state index in [-0.39, 0.29) is 6.61 Å². The van der Waals surface area contributed by atoms with E-state index < -0.39 is 6.09 Å². The minimum Gasteiger partial charge on any atom is -0.441 e. The maximum absolute atomic E-state index is 10.6. The number of rotatable bonds is 6. The molecule has 3 aromatic rings. The van der Waals surface area contributed by atoms with Gasteiger partial charge in [0, 0.05) is 34.4 Å². The third kappa shape index (κ3) is 4.86. The van der Waals surface area contributed by atoms with Crippen LogP contribution in [0.4, 0.5) is 10.5 Å². The number of carbonyl (C=O) groups excluding carboxylic acids is 1. The first-order chi connectivity index (χ1) is 12.9. The van der Waals surface area contributed by atoms with Crippen molar-refractivity contribution in [3.63, 3.8) is 0 Å². The number of hydrogen-bond donors (Lipinski definition) is 2. The van der Waals surface area contributed by atoms with Gasteiger partial charge in [-0.15, -0.1) is 0 Å². The number of anilines is 1. The molecule has 0 saturated carbocycles. The number of nitrogens with two attached hydrogens (primary N) is 1. The summed E-state index contributed by atoms with van der Waals surface area (Å²) in [6, 6.07) is 12.6. The van der Waals surface area contributed by atoms with Crippen LogP contribution in [-0.2, 0) is 17.9 Å². The van der Waals surface area contributed by atoms with Crippen molar-refractivity contribution < 1.29 is 14.1 Å². The Labute approximate surface area is 170 Å². The lowest BCUT2D eigenvalue weighted by Crippen LogP contribution is -2.12. The summed E-state index contributed by atoms with van der Waals surface area (Å²) >= 11 is 18.4. The van der Waals surface area contributed by atoms with E-state index in [4.69, 9.17) is 45.1 Å². The molecule has 6 nitrogen and oxygen atoms in total. The second kappa shape index (κ2) is 8.52. The van der Waals surface area contributed by atoms with E-state index in [1.165, 1.54) is 0 Å². The highest BCUT2D eigenvalue weighted by molar-refractivity contribution is 6.44. The lowest BCUT2D eigenvalue weighted by molar-refractivity contribution is 0.137. The molecule has 0 aliphatic heterocycles. The van der Waals surface area contributed by atoms with Crippen LogP contribution >= 0.6 is 34.8 Å². The summed E-state index contributed by atoms with van der Waals surface area (Å²) in [4.78, 5) is 10.6. The Balaban J connectivity index is 1.66. The highest BCUT2D eigenvalue weighted by Crippen LogP contribution is 2.32. The van der Waals surface area contributed by atoms with Gasteiger partial charge in [-0.3, -0.25) is 0 Å². The average Bonchev–Trinajstić information content (AvgIpc) is 3.13. The monoisotopic (exact) mass is 425 g/mol.